The molecule has 7 heteroatoms. The van der Waals surface area contributed by atoms with Crippen LogP contribution in [-0.2, 0) is 9.53 Å². The summed E-state index contributed by atoms with van der Waals surface area (Å²) in [4.78, 5) is 27.2. The third-order valence-corrected chi connectivity index (χ3v) is 4.02. The van der Waals surface area contributed by atoms with Gasteiger partial charge in [0, 0.05) is 32.8 Å². The fourth-order valence-corrected chi connectivity index (χ4v) is 2.91. The Balaban J connectivity index is 2.18. The highest BCUT2D eigenvalue weighted by Crippen LogP contribution is 2.24. The molecule has 2 rings (SSSR count). The molecular formula is C16H23N3O4. The lowest BCUT2D eigenvalue weighted by Crippen LogP contribution is -2.56. The first kappa shape index (κ1) is 17.2. The Morgan fingerprint density at radius 2 is 2.04 bits per heavy atom. The number of rotatable bonds is 5. The van der Waals surface area contributed by atoms with Crippen molar-refractivity contribution in [3.05, 3.63) is 35.9 Å². The van der Waals surface area contributed by atoms with Gasteiger partial charge in [0.2, 0.25) is 5.91 Å². The van der Waals surface area contributed by atoms with Crippen molar-refractivity contribution in [2.45, 2.75) is 19.0 Å². The zero-order valence-electron chi connectivity index (χ0n) is 13.4. The maximum atomic E-state index is 12.6. The van der Waals surface area contributed by atoms with Gasteiger partial charge in [0.15, 0.2) is 0 Å². The molecule has 0 bridgehead atoms. The van der Waals surface area contributed by atoms with E-state index in [1.165, 1.54) is 12.0 Å². The second kappa shape index (κ2) is 7.94. The minimum Gasteiger partial charge on any atom is -0.465 e. The SMILES string of the molecule is COCNC(=O)[C@@H](c1ccccc1)N1CCN(C(=O)O)[C@H](C)C1. The number of carbonyl (C=O) groups is 2. The number of ether oxygens (including phenoxy) is 1. The average Bonchev–Trinajstić information content (AvgIpc) is 2.54. The number of carboxylic acid groups (broad SMARTS) is 1. The highest BCUT2D eigenvalue weighted by Gasteiger charge is 2.34. The lowest BCUT2D eigenvalue weighted by Gasteiger charge is -2.41. The second-order valence-electron chi connectivity index (χ2n) is 5.61. The van der Waals surface area contributed by atoms with E-state index in [1.54, 1.807) is 0 Å². The zero-order valence-corrected chi connectivity index (χ0v) is 13.4. The summed E-state index contributed by atoms with van der Waals surface area (Å²) in [5, 5.41) is 11.9. The summed E-state index contributed by atoms with van der Waals surface area (Å²) in [5.74, 6) is -0.144. The van der Waals surface area contributed by atoms with E-state index in [4.69, 9.17) is 4.74 Å². The molecule has 1 fully saturated rings. The molecule has 1 aromatic rings. The number of hydrogen-bond donors (Lipinski definition) is 2. The van der Waals surface area contributed by atoms with Gasteiger partial charge in [-0.05, 0) is 12.5 Å². The van der Waals surface area contributed by atoms with Crippen LogP contribution in [0.2, 0.25) is 0 Å². The summed E-state index contributed by atoms with van der Waals surface area (Å²) in [6.45, 7) is 3.41. The molecule has 2 N–H and O–H groups in total. The normalized spacial score (nSPS) is 20.1. The highest BCUT2D eigenvalue weighted by molar-refractivity contribution is 5.83. The molecule has 2 amide bonds. The summed E-state index contributed by atoms with van der Waals surface area (Å²) in [6.07, 6.45) is -0.919. The first-order chi connectivity index (χ1) is 11.0. The van der Waals surface area contributed by atoms with Crippen LogP contribution in [0.4, 0.5) is 4.79 Å². The van der Waals surface area contributed by atoms with Crippen molar-refractivity contribution in [3.63, 3.8) is 0 Å². The first-order valence-electron chi connectivity index (χ1n) is 7.59. The summed E-state index contributed by atoms with van der Waals surface area (Å²) in [6, 6.07) is 8.88. The number of benzene rings is 1. The third-order valence-electron chi connectivity index (χ3n) is 4.02. The summed E-state index contributed by atoms with van der Waals surface area (Å²) in [7, 11) is 1.52. The Labute approximate surface area is 135 Å². The lowest BCUT2D eigenvalue weighted by molar-refractivity contribution is -0.129. The van der Waals surface area contributed by atoms with Gasteiger partial charge in [0.25, 0.3) is 0 Å². The molecule has 0 aromatic heterocycles. The van der Waals surface area contributed by atoms with Crippen molar-refractivity contribution in [3.8, 4) is 0 Å². The van der Waals surface area contributed by atoms with Gasteiger partial charge < -0.3 is 20.1 Å². The molecule has 2 atom stereocenters. The van der Waals surface area contributed by atoms with E-state index < -0.39 is 12.1 Å². The average molecular weight is 321 g/mol. The van der Waals surface area contributed by atoms with Crippen LogP contribution in [0.1, 0.15) is 18.5 Å². The highest BCUT2D eigenvalue weighted by atomic mass is 16.5. The van der Waals surface area contributed by atoms with Crippen molar-refractivity contribution < 1.29 is 19.4 Å². The van der Waals surface area contributed by atoms with Crippen LogP contribution < -0.4 is 5.32 Å². The van der Waals surface area contributed by atoms with E-state index in [0.29, 0.717) is 19.6 Å². The van der Waals surface area contributed by atoms with Gasteiger partial charge in [-0.3, -0.25) is 9.69 Å². The van der Waals surface area contributed by atoms with Crippen molar-refractivity contribution in [1.29, 1.82) is 0 Å². The first-order valence-corrected chi connectivity index (χ1v) is 7.59. The van der Waals surface area contributed by atoms with Gasteiger partial charge in [0.05, 0.1) is 0 Å². The lowest BCUT2D eigenvalue weighted by atomic mass is 10.0. The van der Waals surface area contributed by atoms with E-state index in [0.717, 1.165) is 5.56 Å². The molecule has 0 spiro atoms. The standard InChI is InChI=1S/C16H23N3O4/c1-12-10-18(8-9-19(12)16(21)22)14(15(20)17-11-23-2)13-6-4-3-5-7-13/h3-7,12,14H,8-11H2,1-2H3,(H,17,20)(H,21,22)/t12-,14-/m1/s1. The molecule has 1 aromatic carbocycles. The van der Waals surface area contributed by atoms with Crippen LogP contribution >= 0.6 is 0 Å². The number of methoxy groups -OCH3 is 1. The molecule has 0 aliphatic carbocycles. The van der Waals surface area contributed by atoms with E-state index in [-0.39, 0.29) is 18.7 Å². The van der Waals surface area contributed by atoms with Crippen molar-refractivity contribution in [2.75, 3.05) is 33.5 Å². The molecule has 1 aliphatic heterocycles. The third kappa shape index (κ3) is 4.20. The Morgan fingerprint density at radius 3 is 2.61 bits per heavy atom. The fourth-order valence-electron chi connectivity index (χ4n) is 2.91. The topological polar surface area (TPSA) is 82.1 Å². The fraction of sp³-hybridized carbons (Fsp3) is 0.500. The van der Waals surface area contributed by atoms with Crippen LogP contribution in [0.5, 0.6) is 0 Å². The minimum atomic E-state index is -0.919. The van der Waals surface area contributed by atoms with Crippen molar-refractivity contribution in [1.82, 2.24) is 15.1 Å². The molecule has 0 unspecified atom stereocenters. The minimum absolute atomic E-state index is 0.144. The number of nitrogens with one attached hydrogen (secondary N) is 1. The van der Waals surface area contributed by atoms with Gasteiger partial charge in [-0.2, -0.15) is 0 Å². The summed E-state index contributed by atoms with van der Waals surface area (Å²) >= 11 is 0. The number of carbonyl (C=O) groups excluding carboxylic acids is 1. The van der Waals surface area contributed by atoms with Crippen LogP contribution in [-0.4, -0.2) is 66.4 Å². The van der Waals surface area contributed by atoms with E-state index in [9.17, 15) is 14.7 Å². The maximum absolute atomic E-state index is 12.6. The number of nitrogens with zero attached hydrogens (tertiary/aromatic N) is 2. The predicted octanol–water partition coefficient (Wildman–Crippen LogP) is 1.13. The van der Waals surface area contributed by atoms with Crippen LogP contribution in [0, 0.1) is 0 Å². The molecule has 23 heavy (non-hydrogen) atoms. The Kier molecular flexibility index (Phi) is 5.95. The van der Waals surface area contributed by atoms with Crippen LogP contribution in [0.3, 0.4) is 0 Å². The molecule has 126 valence electrons. The van der Waals surface area contributed by atoms with Gasteiger partial charge in [0.1, 0.15) is 12.8 Å². The second-order valence-corrected chi connectivity index (χ2v) is 5.61. The predicted molar refractivity (Wildman–Crippen MR) is 85.0 cm³/mol. The molecular weight excluding hydrogens is 298 g/mol. The zero-order chi connectivity index (χ0) is 16.8. The molecule has 0 saturated carbocycles. The Hall–Kier alpha value is -2.12. The number of amides is 2. The van der Waals surface area contributed by atoms with Crippen LogP contribution in [0.15, 0.2) is 30.3 Å². The molecule has 1 heterocycles. The van der Waals surface area contributed by atoms with Gasteiger partial charge >= 0.3 is 6.09 Å². The molecule has 1 aliphatic rings. The molecule has 7 nitrogen and oxygen atoms in total. The summed E-state index contributed by atoms with van der Waals surface area (Å²) < 4.78 is 4.92. The van der Waals surface area contributed by atoms with Gasteiger partial charge in [-0.25, -0.2) is 4.79 Å². The monoisotopic (exact) mass is 321 g/mol. The quantitative estimate of drug-likeness (QED) is 0.795. The van der Waals surface area contributed by atoms with E-state index in [2.05, 4.69) is 5.32 Å². The van der Waals surface area contributed by atoms with Crippen molar-refractivity contribution in [2.24, 2.45) is 0 Å². The Morgan fingerprint density at radius 1 is 1.35 bits per heavy atom. The van der Waals surface area contributed by atoms with Gasteiger partial charge in [-0.1, -0.05) is 30.3 Å². The van der Waals surface area contributed by atoms with E-state index >= 15 is 0 Å². The maximum Gasteiger partial charge on any atom is 0.407 e. The molecule has 0 radical (unpaired) electrons. The van der Waals surface area contributed by atoms with Gasteiger partial charge in [-0.15, -0.1) is 0 Å². The summed E-state index contributed by atoms with van der Waals surface area (Å²) in [5.41, 5.74) is 0.886. The smallest absolute Gasteiger partial charge is 0.407 e. The Bertz CT molecular complexity index is 537. The van der Waals surface area contributed by atoms with E-state index in [1.807, 2.05) is 42.2 Å². The largest absolute Gasteiger partial charge is 0.465 e. The van der Waals surface area contributed by atoms with Crippen LogP contribution in [0.25, 0.3) is 0 Å². The number of piperazine rings is 1. The molecule has 1 saturated heterocycles. The number of hydrogen-bond acceptors (Lipinski definition) is 4. The van der Waals surface area contributed by atoms with Crippen molar-refractivity contribution >= 4 is 12.0 Å².